The van der Waals surface area contributed by atoms with Gasteiger partial charge in [-0.2, -0.15) is 0 Å². The zero-order valence-corrected chi connectivity index (χ0v) is 26.4. The molecule has 9 aromatic rings. The van der Waals surface area contributed by atoms with Crippen molar-refractivity contribution >= 4 is 49.8 Å². The zero-order valence-electron chi connectivity index (χ0n) is 55.4. The maximum Gasteiger partial charge on any atom is 0.143 e. The first-order valence-electron chi connectivity index (χ1n) is 29.8. The van der Waals surface area contributed by atoms with Gasteiger partial charge in [0.05, 0.1) is 45.4 Å². The van der Waals surface area contributed by atoms with Crippen molar-refractivity contribution in [3.63, 3.8) is 0 Å². The Morgan fingerprint density at radius 1 is 0.451 bits per heavy atom. The van der Waals surface area contributed by atoms with Crippen LogP contribution in [-0.2, 0) is 5.41 Å². The van der Waals surface area contributed by atoms with Crippen LogP contribution in [0.2, 0.25) is 0 Å². The quantitative estimate of drug-likeness (QED) is 0.180. The summed E-state index contributed by atoms with van der Waals surface area (Å²) in [7, 11) is 0. The van der Waals surface area contributed by atoms with Crippen molar-refractivity contribution in [1.29, 1.82) is 0 Å². The SMILES string of the molecule is [2H]c1c([2H])c([2H])c(-c2c([2H])c([2H])c(N(c3c([2H])c([2H])c(-c4c([2H])c([2H])c([2H])c5c4oc4c6c([2H])c([2H])c([2H])c([2H])c6c([2H])c([2H])c45)c([2H])c3[2H])c3c([2H])c([2H])c([2H])c4c3-c3c([2H])c([2H])c([2H])c([2H])c3C4(C)C)c([2H])c2[2H])c([2H])c1[2H]. The molecule has 1 aliphatic carbocycles. The lowest BCUT2D eigenvalue weighted by Gasteiger charge is -2.29. The van der Waals surface area contributed by atoms with E-state index >= 15 is 0 Å². The molecule has 51 heavy (non-hydrogen) atoms. The summed E-state index contributed by atoms with van der Waals surface area (Å²) >= 11 is 0. The molecule has 0 fully saturated rings. The minimum Gasteiger partial charge on any atom is -0.455 e. The van der Waals surface area contributed by atoms with Crippen LogP contribution in [0.5, 0.6) is 0 Å². The number of fused-ring (bicyclic) bond motifs is 8. The van der Waals surface area contributed by atoms with Crippen LogP contribution in [-0.4, -0.2) is 0 Å². The molecule has 0 unspecified atom stereocenters. The van der Waals surface area contributed by atoms with Gasteiger partial charge in [0.25, 0.3) is 0 Å². The molecule has 2 heteroatoms. The zero-order chi connectivity index (χ0) is 59.3. The molecule has 0 saturated heterocycles. The van der Waals surface area contributed by atoms with E-state index in [1.165, 1.54) is 13.8 Å². The summed E-state index contributed by atoms with van der Waals surface area (Å²) in [5.41, 5.74) is -10.4. The standard InChI is InChI=1S/C49H35NO/c1-49(2)43-19-9-8-16-42(43)46-44(49)20-11-21-45(46)50(36-27-22-33(23-28-36)32-12-4-3-5-13-32)37-29-24-35(25-30-37)39-17-10-18-40-41-31-26-34-14-6-7-15-38(34)48(41)51-47(39)40/h3-31H,1-2H3/i3D,4D,5D,6D,7D,8D,9D,10D,11D,12D,13D,14D,15D,16D,17D,18D,19D,20D,21D,22D,23D,24D,25D,26D,27D,28D,29D,30D,31D. The largest absolute Gasteiger partial charge is 0.455 e. The predicted octanol–water partition coefficient (Wildman–Crippen LogP) is 13.8. The topological polar surface area (TPSA) is 16.4 Å². The molecule has 1 aliphatic rings. The van der Waals surface area contributed by atoms with Crippen LogP contribution in [0, 0.1) is 0 Å². The van der Waals surface area contributed by atoms with Gasteiger partial charge in [-0.15, -0.1) is 0 Å². The molecule has 8 aromatic carbocycles. The number of para-hydroxylation sites is 1. The van der Waals surface area contributed by atoms with Crippen LogP contribution in [0.15, 0.2) is 180 Å². The summed E-state index contributed by atoms with van der Waals surface area (Å²) < 4.78 is 268. The Labute approximate surface area is 338 Å². The smallest absolute Gasteiger partial charge is 0.143 e. The summed E-state index contributed by atoms with van der Waals surface area (Å²) in [5.74, 6) is 0. The Hall–Kier alpha value is -6.38. The van der Waals surface area contributed by atoms with Gasteiger partial charge in [-0.25, -0.2) is 0 Å². The number of nitrogens with zero attached hydrogens (tertiary/aromatic N) is 1. The Kier molecular flexibility index (Phi) is 2.76. The molecule has 1 aromatic heterocycles. The second-order valence-corrected chi connectivity index (χ2v) is 11.9. The third-order valence-corrected chi connectivity index (χ3v) is 8.67. The fourth-order valence-electron chi connectivity index (χ4n) is 6.28. The first-order valence-corrected chi connectivity index (χ1v) is 15.3. The summed E-state index contributed by atoms with van der Waals surface area (Å²) in [6, 6.07) is -26.9. The predicted molar refractivity (Wildman–Crippen MR) is 214 cm³/mol. The molecular weight excluding hydrogens is 619 g/mol. The van der Waals surface area contributed by atoms with Crippen molar-refractivity contribution in [3.8, 4) is 33.4 Å². The number of hydrogen-bond acceptors (Lipinski definition) is 2. The normalized spacial score (nSPS) is 21.0. The van der Waals surface area contributed by atoms with E-state index in [4.69, 9.17) is 26.3 Å². The number of benzene rings is 8. The highest BCUT2D eigenvalue weighted by Crippen LogP contribution is 2.54. The van der Waals surface area contributed by atoms with Gasteiger partial charge in [-0.3, -0.25) is 0 Å². The van der Waals surface area contributed by atoms with Crippen LogP contribution in [0.1, 0.15) is 64.7 Å². The second kappa shape index (κ2) is 11.3. The highest BCUT2D eigenvalue weighted by atomic mass is 16.3. The highest BCUT2D eigenvalue weighted by Gasteiger charge is 2.37. The van der Waals surface area contributed by atoms with Gasteiger partial charge >= 0.3 is 0 Å². The van der Waals surface area contributed by atoms with Crippen LogP contribution in [0.25, 0.3) is 66.1 Å². The molecule has 0 spiro atoms. The van der Waals surface area contributed by atoms with E-state index in [0.29, 0.717) is 4.90 Å². The fraction of sp³-hybridized carbons (Fsp3) is 0.0612. The van der Waals surface area contributed by atoms with Gasteiger partial charge in [-0.1, -0.05) is 153 Å². The van der Waals surface area contributed by atoms with Gasteiger partial charge in [0, 0.05) is 44.1 Å². The second-order valence-electron chi connectivity index (χ2n) is 11.9. The average Bonchev–Trinajstić information content (AvgIpc) is 3.40. The summed E-state index contributed by atoms with van der Waals surface area (Å²) in [6.07, 6.45) is 0. The maximum absolute atomic E-state index is 9.83. The van der Waals surface area contributed by atoms with Crippen LogP contribution in [0.3, 0.4) is 0 Å². The van der Waals surface area contributed by atoms with Crippen LogP contribution in [0.4, 0.5) is 17.1 Å². The lowest BCUT2D eigenvalue weighted by molar-refractivity contribution is 0.660. The molecule has 0 radical (unpaired) electrons. The fourth-order valence-corrected chi connectivity index (χ4v) is 6.28. The van der Waals surface area contributed by atoms with E-state index in [0.717, 1.165) is 0 Å². The highest BCUT2D eigenvalue weighted by molar-refractivity contribution is 6.17. The van der Waals surface area contributed by atoms with Crippen molar-refractivity contribution in [3.05, 3.63) is 186 Å². The van der Waals surface area contributed by atoms with E-state index < -0.39 is 264 Å². The molecule has 1 heterocycles. The van der Waals surface area contributed by atoms with Crippen molar-refractivity contribution in [2.24, 2.45) is 0 Å². The van der Waals surface area contributed by atoms with Crippen LogP contribution < -0.4 is 4.90 Å². The molecule has 0 N–H and O–H groups in total. The van der Waals surface area contributed by atoms with Crippen molar-refractivity contribution < 1.29 is 44.2 Å². The van der Waals surface area contributed by atoms with Crippen molar-refractivity contribution in [1.82, 2.24) is 0 Å². The number of anilines is 3. The monoisotopic (exact) mass is 682 g/mol. The summed E-state index contributed by atoms with van der Waals surface area (Å²) in [6.45, 7) is 2.88. The van der Waals surface area contributed by atoms with Crippen molar-refractivity contribution in [2.45, 2.75) is 19.3 Å². The molecule has 0 aliphatic heterocycles. The minimum atomic E-state index is -1.67. The Morgan fingerprint density at radius 3 is 1.84 bits per heavy atom. The first-order chi connectivity index (χ1) is 37.1. The summed E-state index contributed by atoms with van der Waals surface area (Å²) in [5, 5.41) is -1.88. The van der Waals surface area contributed by atoms with E-state index in [-0.39, 0.29) is 11.1 Å². The molecule has 2 nitrogen and oxygen atoms in total. The Bertz CT molecular complexity index is 4360. The molecule has 0 atom stereocenters. The van der Waals surface area contributed by atoms with Crippen molar-refractivity contribution in [2.75, 3.05) is 4.90 Å². The first kappa shape index (κ1) is 12.4. The molecule has 0 amide bonds. The van der Waals surface area contributed by atoms with E-state index in [9.17, 15) is 17.8 Å². The third-order valence-electron chi connectivity index (χ3n) is 8.67. The lowest BCUT2D eigenvalue weighted by atomic mass is 9.82. The van der Waals surface area contributed by atoms with E-state index in [1.54, 1.807) is 0 Å². The summed E-state index contributed by atoms with van der Waals surface area (Å²) in [4.78, 5) is 0.519. The molecule has 0 bridgehead atoms. The average molecular weight is 683 g/mol. The van der Waals surface area contributed by atoms with Gasteiger partial charge in [0.15, 0.2) is 0 Å². The third kappa shape index (κ3) is 4.57. The Morgan fingerprint density at radius 2 is 1.04 bits per heavy atom. The molecular formula is C49H35NO. The number of rotatable bonds is 5. The van der Waals surface area contributed by atoms with Crippen LogP contribution >= 0.6 is 0 Å². The van der Waals surface area contributed by atoms with E-state index in [2.05, 4.69) is 0 Å². The number of hydrogen-bond donors (Lipinski definition) is 0. The molecule has 242 valence electrons. The maximum atomic E-state index is 9.83. The minimum absolute atomic E-state index is 0.178. The van der Waals surface area contributed by atoms with E-state index in [1.807, 2.05) is 0 Å². The van der Waals surface area contributed by atoms with Gasteiger partial charge in [0.2, 0.25) is 0 Å². The molecule has 10 rings (SSSR count). The number of furan rings is 1. The lowest BCUT2D eigenvalue weighted by Crippen LogP contribution is -2.16. The molecule has 0 saturated carbocycles. The van der Waals surface area contributed by atoms with Gasteiger partial charge < -0.3 is 9.32 Å². The Balaban J connectivity index is 1.40. The van der Waals surface area contributed by atoms with Gasteiger partial charge in [-0.05, 0) is 75.0 Å². The van der Waals surface area contributed by atoms with Gasteiger partial charge in [0.1, 0.15) is 11.2 Å².